The minimum absolute atomic E-state index is 0.0451. The number of benzene rings is 2. The van der Waals surface area contributed by atoms with Crippen LogP contribution in [0.1, 0.15) is 26.9 Å². The van der Waals surface area contributed by atoms with Crippen molar-refractivity contribution in [3.63, 3.8) is 0 Å². The molecule has 6 heteroatoms. The van der Waals surface area contributed by atoms with E-state index >= 15 is 0 Å². The van der Waals surface area contributed by atoms with E-state index in [1.165, 1.54) is 0 Å². The first-order chi connectivity index (χ1) is 12.2. The molecule has 0 saturated carbocycles. The maximum absolute atomic E-state index is 12.7. The number of rotatable bonds is 4. The van der Waals surface area contributed by atoms with E-state index in [4.69, 9.17) is 4.74 Å². The number of hydrogen-bond donors (Lipinski definition) is 1. The maximum atomic E-state index is 12.7. The van der Waals surface area contributed by atoms with Gasteiger partial charge in [-0.15, -0.1) is 11.8 Å². The van der Waals surface area contributed by atoms with Gasteiger partial charge in [-0.25, -0.2) is 0 Å². The van der Waals surface area contributed by atoms with Crippen molar-refractivity contribution >= 4 is 23.6 Å². The Morgan fingerprint density at radius 3 is 2.96 bits per heavy atom. The van der Waals surface area contributed by atoms with E-state index in [0.717, 1.165) is 16.9 Å². The molecule has 2 atom stereocenters. The Balaban J connectivity index is 1.46. The van der Waals surface area contributed by atoms with Gasteiger partial charge in [0.15, 0.2) is 0 Å². The van der Waals surface area contributed by atoms with Gasteiger partial charge in [0.05, 0.1) is 7.11 Å². The molecule has 2 aliphatic rings. The van der Waals surface area contributed by atoms with Gasteiger partial charge in [-0.1, -0.05) is 30.3 Å². The fourth-order valence-corrected chi connectivity index (χ4v) is 4.80. The fraction of sp³-hybridized carbons (Fsp3) is 0.263. The number of thioether (sulfide) groups is 1. The summed E-state index contributed by atoms with van der Waals surface area (Å²) in [5.74, 6) is 1.22. The Labute approximate surface area is 150 Å². The second-order valence-corrected chi connectivity index (χ2v) is 7.18. The number of ether oxygens (including phenoxy) is 1. The fourth-order valence-electron chi connectivity index (χ4n) is 3.33. The van der Waals surface area contributed by atoms with E-state index in [9.17, 15) is 9.59 Å². The molecule has 0 spiro atoms. The number of nitrogens with zero attached hydrogens (tertiary/aromatic N) is 1. The maximum Gasteiger partial charge on any atom is 0.256 e. The first kappa shape index (κ1) is 16.0. The van der Waals surface area contributed by atoms with Crippen LogP contribution in [0.25, 0.3) is 0 Å². The van der Waals surface area contributed by atoms with Crippen molar-refractivity contribution in [1.29, 1.82) is 0 Å². The molecule has 5 nitrogen and oxygen atoms in total. The van der Waals surface area contributed by atoms with Crippen molar-refractivity contribution in [2.24, 2.45) is 0 Å². The third-order valence-corrected chi connectivity index (χ3v) is 5.90. The van der Waals surface area contributed by atoms with Gasteiger partial charge in [0.2, 0.25) is 5.91 Å². The van der Waals surface area contributed by atoms with E-state index in [1.54, 1.807) is 23.8 Å². The predicted octanol–water partition coefficient (Wildman–Crippen LogP) is 2.58. The Bertz CT molecular complexity index is 839. The second kappa shape index (κ2) is 6.44. The van der Waals surface area contributed by atoms with E-state index in [1.807, 2.05) is 48.5 Å². The molecule has 0 bridgehead atoms. The Morgan fingerprint density at radius 1 is 1.28 bits per heavy atom. The number of amides is 2. The minimum Gasteiger partial charge on any atom is -0.497 e. The summed E-state index contributed by atoms with van der Waals surface area (Å²) in [6.45, 7) is 0.414. The molecule has 2 heterocycles. The molecule has 2 aromatic carbocycles. The lowest BCUT2D eigenvalue weighted by Gasteiger charge is -2.22. The van der Waals surface area contributed by atoms with Crippen molar-refractivity contribution in [2.45, 2.75) is 18.0 Å². The molecule has 2 aromatic rings. The lowest BCUT2D eigenvalue weighted by atomic mass is 10.1. The molecular formula is C19H18N2O3S. The smallest absolute Gasteiger partial charge is 0.256 e. The van der Waals surface area contributed by atoms with Crippen LogP contribution in [-0.4, -0.2) is 35.6 Å². The average molecular weight is 354 g/mol. The molecule has 0 aliphatic carbocycles. The highest BCUT2D eigenvalue weighted by Gasteiger charge is 2.48. The molecule has 4 rings (SSSR count). The van der Waals surface area contributed by atoms with E-state index < -0.39 is 6.04 Å². The van der Waals surface area contributed by atoms with Crippen molar-refractivity contribution in [3.8, 4) is 5.75 Å². The van der Waals surface area contributed by atoms with Gasteiger partial charge in [-0.3, -0.25) is 9.59 Å². The van der Waals surface area contributed by atoms with Crippen LogP contribution >= 0.6 is 11.8 Å². The van der Waals surface area contributed by atoms with Crippen molar-refractivity contribution < 1.29 is 14.3 Å². The molecule has 2 aliphatic heterocycles. The number of fused-ring (bicyclic) bond motifs is 3. The molecule has 2 amide bonds. The molecule has 25 heavy (non-hydrogen) atoms. The summed E-state index contributed by atoms with van der Waals surface area (Å²) >= 11 is 1.65. The summed E-state index contributed by atoms with van der Waals surface area (Å²) in [5, 5.41) is 2.91. The lowest BCUT2D eigenvalue weighted by Crippen LogP contribution is -2.45. The summed E-state index contributed by atoms with van der Waals surface area (Å²) in [5.41, 5.74) is 2.69. The Hall–Kier alpha value is -2.47. The minimum atomic E-state index is -0.430. The SMILES string of the molecule is COc1cccc(CNC(=O)[C@H]2CS[C@H]3c4ccccc4C(=O)N23)c1. The Morgan fingerprint density at radius 2 is 2.12 bits per heavy atom. The highest BCUT2D eigenvalue weighted by Crippen LogP contribution is 2.48. The normalized spacial score (nSPS) is 21.0. The number of methoxy groups -OCH3 is 1. The van der Waals surface area contributed by atoms with Crippen LogP contribution in [0, 0.1) is 0 Å². The molecule has 1 N–H and O–H groups in total. The number of hydrogen-bond acceptors (Lipinski definition) is 4. The topological polar surface area (TPSA) is 58.6 Å². The van der Waals surface area contributed by atoms with Gasteiger partial charge in [0.1, 0.15) is 17.2 Å². The summed E-state index contributed by atoms with van der Waals surface area (Å²) in [7, 11) is 1.62. The van der Waals surface area contributed by atoms with Crippen LogP contribution in [-0.2, 0) is 11.3 Å². The quantitative estimate of drug-likeness (QED) is 0.917. The third-order valence-electron chi connectivity index (χ3n) is 4.60. The molecular weight excluding hydrogens is 336 g/mol. The van der Waals surface area contributed by atoms with E-state index in [-0.39, 0.29) is 17.2 Å². The predicted molar refractivity (Wildman–Crippen MR) is 96.4 cm³/mol. The van der Waals surface area contributed by atoms with Gasteiger partial charge in [0, 0.05) is 17.9 Å². The van der Waals surface area contributed by atoms with Crippen molar-refractivity contribution in [1.82, 2.24) is 10.2 Å². The number of carbonyl (C=O) groups is 2. The Kier molecular flexibility index (Phi) is 4.13. The first-order valence-electron chi connectivity index (χ1n) is 8.13. The molecule has 0 aromatic heterocycles. The average Bonchev–Trinajstić information content (AvgIpc) is 3.21. The van der Waals surface area contributed by atoms with Crippen LogP contribution in [0.5, 0.6) is 5.75 Å². The highest BCUT2D eigenvalue weighted by atomic mass is 32.2. The zero-order valence-corrected chi connectivity index (χ0v) is 14.6. The number of nitrogens with one attached hydrogen (secondary N) is 1. The largest absolute Gasteiger partial charge is 0.497 e. The zero-order chi connectivity index (χ0) is 17.4. The van der Waals surface area contributed by atoms with Crippen LogP contribution in [0.3, 0.4) is 0 Å². The highest BCUT2D eigenvalue weighted by molar-refractivity contribution is 7.99. The zero-order valence-electron chi connectivity index (χ0n) is 13.8. The monoisotopic (exact) mass is 354 g/mol. The van der Waals surface area contributed by atoms with Crippen LogP contribution < -0.4 is 10.1 Å². The van der Waals surface area contributed by atoms with Gasteiger partial charge >= 0.3 is 0 Å². The number of carbonyl (C=O) groups excluding carboxylic acids is 2. The summed E-state index contributed by atoms with van der Waals surface area (Å²) in [6, 6.07) is 14.8. The summed E-state index contributed by atoms with van der Waals surface area (Å²) < 4.78 is 5.20. The third kappa shape index (κ3) is 2.76. The molecule has 128 valence electrons. The van der Waals surface area contributed by atoms with Gasteiger partial charge in [0.25, 0.3) is 5.91 Å². The van der Waals surface area contributed by atoms with E-state index in [0.29, 0.717) is 17.9 Å². The van der Waals surface area contributed by atoms with Crippen molar-refractivity contribution in [2.75, 3.05) is 12.9 Å². The lowest BCUT2D eigenvalue weighted by molar-refractivity contribution is -0.124. The first-order valence-corrected chi connectivity index (χ1v) is 9.18. The molecule has 0 radical (unpaired) electrons. The van der Waals surface area contributed by atoms with Crippen LogP contribution in [0.4, 0.5) is 0 Å². The van der Waals surface area contributed by atoms with Crippen LogP contribution in [0.15, 0.2) is 48.5 Å². The standard InChI is InChI=1S/C19H18N2O3S/c1-24-13-6-4-5-12(9-13)10-20-17(22)16-11-25-19-15-8-3-2-7-14(15)18(23)21(16)19/h2-9,16,19H,10-11H2,1H3,(H,20,22)/t16-,19+/m1/s1. The summed E-state index contributed by atoms with van der Waals surface area (Å²) in [6.07, 6.45) is 0. The molecule has 0 unspecified atom stereocenters. The second-order valence-electron chi connectivity index (χ2n) is 6.07. The molecule has 1 fully saturated rings. The van der Waals surface area contributed by atoms with Gasteiger partial charge < -0.3 is 15.0 Å². The van der Waals surface area contributed by atoms with Gasteiger partial charge in [-0.05, 0) is 29.3 Å². The molecule has 1 saturated heterocycles. The van der Waals surface area contributed by atoms with E-state index in [2.05, 4.69) is 5.32 Å². The van der Waals surface area contributed by atoms with Crippen LogP contribution in [0.2, 0.25) is 0 Å². The van der Waals surface area contributed by atoms with Crippen molar-refractivity contribution in [3.05, 3.63) is 65.2 Å². The summed E-state index contributed by atoms with van der Waals surface area (Å²) in [4.78, 5) is 27.0. The van der Waals surface area contributed by atoms with Gasteiger partial charge in [-0.2, -0.15) is 0 Å².